The molecule has 1 fully saturated rings. The second-order valence-corrected chi connectivity index (χ2v) is 4.81. The molecule has 1 unspecified atom stereocenters. The zero-order valence-electron chi connectivity index (χ0n) is 11.4. The summed E-state index contributed by atoms with van der Waals surface area (Å²) in [5.41, 5.74) is 0.958. The van der Waals surface area contributed by atoms with Crippen molar-refractivity contribution in [1.82, 2.24) is 20.0 Å². The first-order valence-corrected chi connectivity index (χ1v) is 6.73. The summed E-state index contributed by atoms with van der Waals surface area (Å²) >= 11 is 0. The summed E-state index contributed by atoms with van der Waals surface area (Å²) < 4.78 is 1.81. The Hall–Kier alpha value is -1.85. The van der Waals surface area contributed by atoms with Gasteiger partial charge >= 0.3 is 0 Å². The van der Waals surface area contributed by atoms with Gasteiger partial charge in [-0.05, 0) is 13.3 Å². The number of aryl methyl sites for hydroxylation is 1. The van der Waals surface area contributed by atoms with E-state index in [1.165, 1.54) is 0 Å². The van der Waals surface area contributed by atoms with Gasteiger partial charge in [-0.25, -0.2) is 0 Å². The summed E-state index contributed by atoms with van der Waals surface area (Å²) in [4.78, 5) is 25.5. The maximum Gasteiger partial charge on any atom is 0.245 e. The van der Waals surface area contributed by atoms with E-state index in [1.54, 1.807) is 11.1 Å². The van der Waals surface area contributed by atoms with E-state index in [0.29, 0.717) is 13.0 Å². The highest BCUT2D eigenvalue weighted by Crippen LogP contribution is 2.12. The van der Waals surface area contributed by atoms with Gasteiger partial charge in [0.15, 0.2) is 0 Å². The fraction of sp³-hybridized carbons (Fsp3) is 0.615. The van der Waals surface area contributed by atoms with E-state index in [2.05, 4.69) is 10.4 Å². The number of amides is 2. The van der Waals surface area contributed by atoms with Gasteiger partial charge in [-0.2, -0.15) is 5.10 Å². The van der Waals surface area contributed by atoms with Crippen LogP contribution in [0.3, 0.4) is 0 Å². The van der Waals surface area contributed by atoms with Crippen LogP contribution in [0, 0.1) is 0 Å². The van der Waals surface area contributed by atoms with E-state index < -0.39 is 0 Å². The van der Waals surface area contributed by atoms with Crippen molar-refractivity contribution in [1.29, 1.82) is 0 Å². The van der Waals surface area contributed by atoms with Crippen molar-refractivity contribution in [3.8, 4) is 0 Å². The van der Waals surface area contributed by atoms with Gasteiger partial charge in [-0.3, -0.25) is 14.3 Å². The smallest absolute Gasteiger partial charge is 0.245 e. The molecule has 1 saturated heterocycles. The number of hydrogen-bond acceptors (Lipinski definition) is 3. The van der Waals surface area contributed by atoms with Crippen LogP contribution in [0.15, 0.2) is 12.4 Å². The zero-order valence-corrected chi connectivity index (χ0v) is 11.4. The Morgan fingerprint density at radius 1 is 1.42 bits per heavy atom. The molecule has 104 valence electrons. The van der Waals surface area contributed by atoms with E-state index >= 15 is 0 Å². The predicted molar refractivity (Wildman–Crippen MR) is 70.2 cm³/mol. The van der Waals surface area contributed by atoms with Gasteiger partial charge in [-0.15, -0.1) is 0 Å². The summed E-state index contributed by atoms with van der Waals surface area (Å²) in [6, 6.07) is -0.368. The fourth-order valence-electron chi connectivity index (χ4n) is 2.27. The molecule has 6 nitrogen and oxygen atoms in total. The van der Waals surface area contributed by atoms with E-state index in [9.17, 15) is 9.59 Å². The molecule has 1 aromatic heterocycles. The largest absolute Gasteiger partial charge is 0.343 e. The number of nitrogens with one attached hydrogen (secondary N) is 1. The highest BCUT2D eigenvalue weighted by atomic mass is 16.2. The molecular weight excluding hydrogens is 244 g/mol. The lowest BCUT2D eigenvalue weighted by Gasteiger charge is -2.32. The molecule has 6 heteroatoms. The molecule has 0 spiro atoms. The van der Waals surface area contributed by atoms with E-state index in [1.807, 2.05) is 24.7 Å². The molecule has 0 radical (unpaired) electrons. The third kappa shape index (κ3) is 3.13. The average Bonchev–Trinajstić information content (AvgIpc) is 2.83. The number of aromatic nitrogens is 2. The lowest BCUT2D eigenvalue weighted by atomic mass is 10.1. The lowest BCUT2D eigenvalue weighted by molar-refractivity contribution is -0.145. The van der Waals surface area contributed by atoms with Gasteiger partial charge in [0.05, 0.1) is 12.7 Å². The summed E-state index contributed by atoms with van der Waals surface area (Å²) in [6.45, 7) is 5.40. The molecule has 0 bridgehead atoms. The number of carbonyl (C=O) groups excluding carboxylic acids is 2. The summed E-state index contributed by atoms with van der Waals surface area (Å²) in [7, 11) is 0. The molecule has 2 amide bonds. The Labute approximate surface area is 112 Å². The quantitative estimate of drug-likeness (QED) is 0.843. The average molecular weight is 264 g/mol. The van der Waals surface area contributed by atoms with Crippen LogP contribution in [-0.4, -0.2) is 39.1 Å². The molecule has 1 aliphatic heterocycles. The van der Waals surface area contributed by atoms with E-state index in [4.69, 9.17) is 0 Å². The summed E-state index contributed by atoms with van der Waals surface area (Å²) in [6.07, 6.45) is 5.22. The van der Waals surface area contributed by atoms with Crippen molar-refractivity contribution in [3.05, 3.63) is 18.0 Å². The molecule has 19 heavy (non-hydrogen) atoms. The fourth-order valence-corrected chi connectivity index (χ4v) is 2.27. The third-order valence-electron chi connectivity index (χ3n) is 3.24. The monoisotopic (exact) mass is 264 g/mol. The molecule has 2 heterocycles. The van der Waals surface area contributed by atoms with Gasteiger partial charge in [0, 0.05) is 24.8 Å². The maximum absolute atomic E-state index is 12.2. The van der Waals surface area contributed by atoms with Gasteiger partial charge < -0.3 is 10.2 Å². The molecule has 1 aliphatic rings. The van der Waals surface area contributed by atoms with E-state index in [-0.39, 0.29) is 24.4 Å². The predicted octanol–water partition coefficient (Wildman–Crippen LogP) is 0.530. The first-order chi connectivity index (χ1) is 9.13. The first kappa shape index (κ1) is 13.6. The normalized spacial score (nSPS) is 19.7. The van der Waals surface area contributed by atoms with Crippen LogP contribution in [0.2, 0.25) is 0 Å². The molecule has 2 rings (SSSR count). The van der Waals surface area contributed by atoms with Crippen LogP contribution in [0.4, 0.5) is 0 Å². The third-order valence-corrected chi connectivity index (χ3v) is 3.24. The summed E-state index contributed by atoms with van der Waals surface area (Å²) in [5, 5.41) is 6.93. The highest BCUT2D eigenvalue weighted by molar-refractivity contribution is 5.94. The van der Waals surface area contributed by atoms with Gasteiger partial charge in [-0.1, -0.05) is 13.3 Å². The topological polar surface area (TPSA) is 67.2 Å². The second kappa shape index (κ2) is 5.86. The number of carbonyl (C=O) groups is 2. The van der Waals surface area contributed by atoms with Gasteiger partial charge in [0.25, 0.3) is 0 Å². The van der Waals surface area contributed by atoms with Crippen molar-refractivity contribution in [2.24, 2.45) is 0 Å². The first-order valence-electron chi connectivity index (χ1n) is 6.73. The molecular formula is C13H20N4O2. The van der Waals surface area contributed by atoms with Gasteiger partial charge in [0.2, 0.25) is 11.8 Å². The van der Waals surface area contributed by atoms with Crippen molar-refractivity contribution < 1.29 is 9.59 Å². The number of rotatable bonds is 5. The van der Waals surface area contributed by atoms with Crippen LogP contribution in [0.25, 0.3) is 0 Å². The minimum absolute atomic E-state index is 0.00528. The Morgan fingerprint density at radius 2 is 2.21 bits per heavy atom. The van der Waals surface area contributed by atoms with Crippen molar-refractivity contribution in [2.45, 2.75) is 45.8 Å². The number of hydrogen-bond donors (Lipinski definition) is 1. The maximum atomic E-state index is 12.2. The molecule has 1 aromatic rings. The van der Waals surface area contributed by atoms with Crippen LogP contribution < -0.4 is 5.32 Å². The van der Waals surface area contributed by atoms with Crippen LogP contribution in [0.1, 0.15) is 32.3 Å². The Bertz CT molecular complexity index is 469. The zero-order chi connectivity index (χ0) is 13.8. The second-order valence-electron chi connectivity index (χ2n) is 4.81. The van der Waals surface area contributed by atoms with Crippen LogP contribution in [-0.2, 0) is 22.7 Å². The summed E-state index contributed by atoms with van der Waals surface area (Å²) in [5.74, 6) is -0.0772. The number of nitrogens with zero attached hydrogens (tertiary/aromatic N) is 3. The Balaban J connectivity index is 2.05. The SMILES string of the molecule is CCCC1NC(=O)CN(Cc2cnn(CC)c2)C1=O. The van der Waals surface area contributed by atoms with Crippen LogP contribution >= 0.6 is 0 Å². The molecule has 0 aromatic carbocycles. The minimum atomic E-state index is -0.368. The standard InChI is InChI=1S/C13H20N4O2/c1-3-5-11-13(19)16(9-12(18)15-11)7-10-6-14-17(4-2)8-10/h6,8,11H,3-5,7,9H2,1-2H3,(H,15,18). The molecule has 1 N–H and O–H groups in total. The molecule has 0 saturated carbocycles. The van der Waals surface area contributed by atoms with Crippen molar-refractivity contribution in [2.75, 3.05) is 6.54 Å². The van der Waals surface area contributed by atoms with Crippen LogP contribution in [0.5, 0.6) is 0 Å². The van der Waals surface area contributed by atoms with Crippen molar-refractivity contribution >= 4 is 11.8 Å². The van der Waals surface area contributed by atoms with Gasteiger partial charge in [0.1, 0.15) is 6.04 Å². The molecule has 0 aliphatic carbocycles. The lowest BCUT2D eigenvalue weighted by Crippen LogP contribution is -2.57. The Kier molecular flexibility index (Phi) is 4.19. The number of piperazine rings is 1. The van der Waals surface area contributed by atoms with E-state index in [0.717, 1.165) is 18.5 Å². The molecule has 1 atom stereocenters. The minimum Gasteiger partial charge on any atom is -0.343 e. The Morgan fingerprint density at radius 3 is 2.84 bits per heavy atom. The highest BCUT2D eigenvalue weighted by Gasteiger charge is 2.31. The van der Waals surface area contributed by atoms with Crippen molar-refractivity contribution in [3.63, 3.8) is 0 Å².